The molecule has 5 heteroatoms. The summed E-state index contributed by atoms with van der Waals surface area (Å²) in [6, 6.07) is 7.53. The number of rotatable bonds is 2. The van der Waals surface area contributed by atoms with E-state index in [9.17, 15) is 4.79 Å². The van der Waals surface area contributed by atoms with Gasteiger partial charge in [0.15, 0.2) is 0 Å². The van der Waals surface area contributed by atoms with Gasteiger partial charge in [0.25, 0.3) is 0 Å². The zero-order valence-corrected chi connectivity index (χ0v) is 14.3. The number of nitrogens with zero attached hydrogens (tertiary/aromatic N) is 2. The first-order chi connectivity index (χ1) is 11.8. The highest BCUT2D eigenvalue weighted by molar-refractivity contribution is 7.79. The Labute approximate surface area is 146 Å². The Balaban J connectivity index is 0.000000815. The molecule has 4 nitrogen and oxygen atoms in total. The molecule has 24 heavy (non-hydrogen) atoms. The Bertz CT molecular complexity index is 952. The summed E-state index contributed by atoms with van der Waals surface area (Å²) in [5.74, 6) is 0.366. The van der Waals surface area contributed by atoms with Crippen LogP contribution in [0.5, 0.6) is 0 Å². The van der Waals surface area contributed by atoms with Gasteiger partial charge in [-0.3, -0.25) is 4.79 Å². The molecule has 0 saturated heterocycles. The lowest BCUT2D eigenvalue weighted by molar-refractivity contribution is 0.803. The van der Waals surface area contributed by atoms with E-state index in [4.69, 9.17) is 0 Å². The standard InChI is InChI=1S/C18H15N3O.CH4S/c22-18-11-14(6-8-19-18)15-7-9-21-16(12-20-17(21)10-15)13-4-2-1-3-5-13;1-2/h1-4,6-13H,5H2,(H,19,22);2H,1H3. The van der Waals surface area contributed by atoms with Crippen LogP contribution in [0, 0.1) is 0 Å². The van der Waals surface area contributed by atoms with Crippen LogP contribution >= 0.6 is 12.6 Å². The smallest absolute Gasteiger partial charge is 0.248 e. The monoisotopic (exact) mass is 337 g/mol. The number of imidazole rings is 1. The molecule has 0 aromatic carbocycles. The van der Waals surface area contributed by atoms with Gasteiger partial charge in [0.1, 0.15) is 5.65 Å². The normalized spacial score (nSPS) is 16.0. The molecule has 0 fully saturated rings. The van der Waals surface area contributed by atoms with Gasteiger partial charge in [0, 0.05) is 36.3 Å². The zero-order valence-electron chi connectivity index (χ0n) is 13.4. The number of fused-ring (bicyclic) bond motifs is 1. The van der Waals surface area contributed by atoms with E-state index < -0.39 is 0 Å². The van der Waals surface area contributed by atoms with E-state index in [-0.39, 0.29) is 5.56 Å². The summed E-state index contributed by atoms with van der Waals surface area (Å²) >= 11 is 3.53. The number of pyridine rings is 2. The van der Waals surface area contributed by atoms with Crippen molar-refractivity contribution in [2.75, 3.05) is 6.26 Å². The fraction of sp³-hybridized carbons (Fsp3) is 0.158. The quantitative estimate of drug-likeness (QED) is 0.698. The number of hydrogen-bond acceptors (Lipinski definition) is 3. The molecular formula is C19H19N3OS. The van der Waals surface area contributed by atoms with Gasteiger partial charge in [-0.2, -0.15) is 12.6 Å². The maximum atomic E-state index is 11.4. The van der Waals surface area contributed by atoms with Crippen LogP contribution in [0.1, 0.15) is 18.0 Å². The SMILES string of the molecule is CS.O=c1cc(-c2ccn3c(C4C=CC=CC4)cnc3c2)cc[nH]1. The van der Waals surface area contributed by atoms with Gasteiger partial charge in [-0.25, -0.2) is 4.98 Å². The van der Waals surface area contributed by atoms with Crippen molar-refractivity contribution in [1.29, 1.82) is 0 Å². The number of aromatic nitrogens is 3. The molecule has 0 aliphatic heterocycles. The maximum Gasteiger partial charge on any atom is 0.248 e. The van der Waals surface area contributed by atoms with Gasteiger partial charge < -0.3 is 9.38 Å². The first kappa shape index (κ1) is 16.3. The van der Waals surface area contributed by atoms with Crippen LogP contribution in [0.15, 0.2) is 72.0 Å². The summed E-state index contributed by atoms with van der Waals surface area (Å²) in [4.78, 5) is 18.6. The van der Waals surface area contributed by atoms with Crippen molar-refractivity contribution in [2.24, 2.45) is 0 Å². The molecule has 1 aliphatic carbocycles. The van der Waals surface area contributed by atoms with Gasteiger partial charge in [0.2, 0.25) is 5.56 Å². The lowest BCUT2D eigenvalue weighted by Gasteiger charge is -2.12. The number of hydrogen-bond donors (Lipinski definition) is 2. The van der Waals surface area contributed by atoms with Crippen molar-refractivity contribution in [3.05, 3.63) is 83.2 Å². The van der Waals surface area contributed by atoms with Gasteiger partial charge >= 0.3 is 0 Å². The lowest BCUT2D eigenvalue weighted by Crippen LogP contribution is -2.03. The van der Waals surface area contributed by atoms with Crippen molar-refractivity contribution >= 4 is 18.3 Å². The Morgan fingerprint density at radius 2 is 2.04 bits per heavy atom. The van der Waals surface area contributed by atoms with Crippen LogP contribution in [0.4, 0.5) is 0 Å². The predicted octanol–water partition coefficient (Wildman–Crippen LogP) is 3.84. The average Bonchev–Trinajstić information content (AvgIpc) is 3.07. The molecule has 0 radical (unpaired) electrons. The molecule has 0 spiro atoms. The highest BCUT2D eigenvalue weighted by Gasteiger charge is 2.14. The third-order valence-electron chi connectivity index (χ3n) is 4.01. The molecule has 1 N–H and O–H groups in total. The lowest BCUT2D eigenvalue weighted by atomic mass is 9.98. The van der Waals surface area contributed by atoms with Gasteiger partial charge in [-0.1, -0.05) is 24.3 Å². The number of nitrogens with one attached hydrogen (secondary N) is 1. The van der Waals surface area contributed by atoms with Crippen LogP contribution in [0.25, 0.3) is 16.8 Å². The summed E-state index contributed by atoms with van der Waals surface area (Å²) in [6.07, 6.45) is 16.9. The summed E-state index contributed by atoms with van der Waals surface area (Å²) < 4.78 is 2.12. The minimum atomic E-state index is -0.0967. The molecule has 122 valence electrons. The highest BCUT2D eigenvalue weighted by Crippen LogP contribution is 2.27. The Morgan fingerprint density at radius 1 is 1.21 bits per heavy atom. The third kappa shape index (κ3) is 3.21. The van der Waals surface area contributed by atoms with E-state index >= 15 is 0 Å². The van der Waals surface area contributed by atoms with E-state index in [1.807, 2.05) is 30.6 Å². The molecule has 3 aromatic heterocycles. The second kappa shape index (κ2) is 7.36. The van der Waals surface area contributed by atoms with Gasteiger partial charge in [-0.15, -0.1) is 0 Å². The zero-order chi connectivity index (χ0) is 16.9. The van der Waals surface area contributed by atoms with Gasteiger partial charge in [0.05, 0.1) is 0 Å². The molecule has 1 aliphatic rings. The largest absolute Gasteiger partial charge is 0.329 e. The highest BCUT2D eigenvalue weighted by atomic mass is 32.1. The maximum absolute atomic E-state index is 11.4. The van der Waals surface area contributed by atoms with E-state index in [0.717, 1.165) is 23.2 Å². The topological polar surface area (TPSA) is 50.2 Å². The molecular weight excluding hydrogens is 318 g/mol. The van der Waals surface area contributed by atoms with Crippen LogP contribution < -0.4 is 5.56 Å². The van der Waals surface area contributed by atoms with Crippen molar-refractivity contribution in [2.45, 2.75) is 12.3 Å². The third-order valence-corrected chi connectivity index (χ3v) is 4.01. The molecule has 1 atom stereocenters. The molecule has 4 rings (SSSR count). The first-order valence-corrected chi connectivity index (χ1v) is 8.65. The molecule has 0 bridgehead atoms. The first-order valence-electron chi connectivity index (χ1n) is 7.75. The van der Waals surface area contributed by atoms with E-state index in [2.05, 4.69) is 51.3 Å². The van der Waals surface area contributed by atoms with Crippen LogP contribution in [0.2, 0.25) is 0 Å². The molecule has 3 heterocycles. The average molecular weight is 337 g/mol. The van der Waals surface area contributed by atoms with Crippen molar-refractivity contribution in [1.82, 2.24) is 14.4 Å². The number of allylic oxidation sites excluding steroid dienone is 4. The summed E-state index contributed by atoms with van der Waals surface area (Å²) in [5, 5.41) is 0. The van der Waals surface area contributed by atoms with E-state index in [0.29, 0.717) is 5.92 Å². The number of H-pyrrole nitrogens is 1. The summed E-state index contributed by atoms with van der Waals surface area (Å²) in [5.41, 5.74) is 3.88. The molecule has 1 unspecified atom stereocenters. The number of aromatic amines is 1. The minimum Gasteiger partial charge on any atom is -0.329 e. The molecule has 0 amide bonds. The summed E-state index contributed by atoms with van der Waals surface area (Å²) in [7, 11) is 0. The van der Waals surface area contributed by atoms with Crippen molar-refractivity contribution in [3.8, 4) is 11.1 Å². The van der Waals surface area contributed by atoms with E-state index in [1.54, 1.807) is 18.5 Å². The number of thiol groups is 1. The molecule has 3 aromatic rings. The van der Waals surface area contributed by atoms with Crippen LogP contribution in [-0.4, -0.2) is 20.6 Å². The molecule has 0 saturated carbocycles. The van der Waals surface area contributed by atoms with Crippen molar-refractivity contribution < 1.29 is 0 Å². The Hall–Kier alpha value is -2.53. The summed E-state index contributed by atoms with van der Waals surface area (Å²) in [6.45, 7) is 0. The second-order valence-corrected chi connectivity index (χ2v) is 5.42. The van der Waals surface area contributed by atoms with Crippen LogP contribution in [-0.2, 0) is 0 Å². The van der Waals surface area contributed by atoms with Crippen molar-refractivity contribution in [3.63, 3.8) is 0 Å². The van der Waals surface area contributed by atoms with Gasteiger partial charge in [-0.05, 0) is 42.0 Å². The Morgan fingerprint density at radius 3 is 2.79 bits per heavy atom. The Kier molecular flexibility index (Phi) is 5.01. The second-order valence-electron chi connectivity index (χ2n) is 5.42. The fourth-order valence-corrected chi connectivity index (χ4v) is 2.88. The fourth-order valence-electron chi connectivity index (χ4n) is 2.88. The van der Waals surface area contributed by atoms with Crippen LogP contribution in [0.3, 0.4) is 0 Å². The minimum absolute atomic E-state index is 0.0967. The van der Waals surface area contributed by atoms with E-state index in [1.165, 1.54) is 5.69 Å². The predicted molar refractivity (Wildman–Crippen MR) is 102 cm³/mol.